The maximum atomic E-state index is 12.9. The third kappa shape index (κ3) is 4.06. The molecule has 0 fully saturated rings. The van der Waals surface area contributed by atoms with E-state index in [1.54, 1.807) is 24.3 Å². The van der Waals surface area contributed by atoms with Crippen molar-refractivity contribution in [3.05, 3.63) is 87.9 Å². The van der Waals surface area contributed by atoms with Crippen LogP contribution in [-0.4, -0.2) is 18.5 Å². The van der Waals surface area contributed by atoms with Crippen LogP contribution >= 0.6 is 23.2 Å². The van der Waals surface area contributed by atoms with Gasteiger partial charge in [-0.3, -0.25) is 9.59 Å². The second-order valence-corrected chi connectivity index (χ2v) is 7.23. The fourth-order valence-corrected chi connectivity index (χ4v) is 3.62. The number of nitrogens with one attached hydrogen (secondary N) is 1. The standard InChI is InChI=1S/C22H15Cl2NO4/c23-13-9-10-17(16(24)11-13)25-20(26)12-28-22(27)21-14-5-1-3-7-18(14)29-19-8-4-2-6-15(19)21/h1-11,21H,12H2,(H,25,26). The molecule has 0 aliphatic carbocycles. The molecule has 0 aromatic heterocycles. The minimum absolute atomic E-state index is 0.296. The Morgan fingerprint density at radius 2 is 1.55 bits per heavy atom. The first-order valence-corrected chi connectivity index (χ1v) is 9.56. The summed E-state index contributed by atoms with van der Waals surface area (Å²) in [7, 11) is 0. The smallest absolute Gasteiger partial charge is 0.318 e. The van der Waals surface area contributed by atoms with Gasteiger partial charge in [0.2, 0.25) is 0 Å². The van der Waals surface area contributed by atoms with Gasteiger partial charge in [-0.25, -0.2) is 0 Å². The van der Waals surface area contributed by atoms with Gasteiger partial charge in [0.25, 0.3) is 5.91 Å². The molecule has 1 aliphatic rings. The number of hydrogen-bond donors (Lipinski definition) is 1. The van der Waals surface area contributed by atoms with Crippen molar-refractivity contribution in [1.82, 2.24) is 0 Å². The van der Waals surface area contributed by atoms with Crippen molar-refractivity contribution >= 4 is 40.8 Å². The van der Waals surface area contributed by atoms with Gasteiger partial charge in [-0.2, -0.15) is 0 Å². The average Bonchev–Trinajstić information content (AvgIpc) is 2.72. The Kier molecular flexibility index (Phi) is 5.43. The normalized spacial score (nSPS) is 12.3. The van der Waals surface area contributed by atoms with Crippen molar-refractivity contribution in [3.63, 3.8) is 0 Å². The van der Waals surface area contributed by atoms with E-state index in [0.717, 1.165) is 0 Å². The van der Waals surface area contributed by atoms with E-state index in [0.29, 0.717) is 38.4 Å². The Morgan fingerprint density at radius 1 is 0.931 bits per heavy atom. The molecular weight excluding hydrogens is 413 g/mol. The van der Waals surface area contributed by atoms with Crippen molar-refractivity contribution in [2.45, 2.75) is 5.92 Å². The average molecular weight is 428 g/mol. The van der Waals surface area contributed by atoms with E-state index in [9.17, 15) is 9.59 Å². The van der Waals surface area contributed by atoms with E-state index in [1.807, 2.05) is 36.4 Å². The van der Waals surface area contributed by atoms with Gasteiger partial charge in [-0.05, 0) is 30.3 Å². The molecule has 1 amide bonds. The topological polar surface area (TPSA) is 64.6 Å². The van der Waals surface area contributed by atoms with Crippen molar-refractivity contribution < 1.29 is 19.1 Å². The molecule has 1 aliphatic heterocycles. The van der Waals surface area contributed by atoms with E-state index in [2.05, 4.69) is 5.32 Å². The molecule has 0 saturated heterocycles. The summed E-state index contributed by atoms with van der Waals surface area (Å²) in [5, 5.41) is 3.35. The molecule has 146 valence electrons. The van der Waals surface area contributed by atoms with Gasteiger partial charge in [-0.15, -0.1) is 0 Å². The molecule has 1 N–H and O–H groups in total. The Morgan fingerprint density at radius 3 is 2.17 bits per heavy atom. The molecule has 0 unspecified atom stereocenters. The lowest BCUT2D eigenvalue weighted by molar-refractivity contribution is -0.148. The molecule has 5 nitrogen and oxygen atoms in total. The van der Waals surface area contributed by atoms with E-state index in [-0.39, 0.29) is 0 Å². The first kappa shape index (κ1) is 19.3. The fourth-order valence-electron chi connectivity index (χ4n) is 3.16. The number of halogens is 2. The molecule has 3 aromatic rings. The first-order chi connectivity index (χ1) is 14.0. The van der Waals surface area contributed by atoms with Gasteiger partial charge < -0.3 is 14.8 Å². The number of fused-ring (bicyclic) bond motifs is 2. The Hall–Kier alpha value is -3.02. The summed E-state index contributed by atoms with van der Waals surface area (Å²) in [6.07, 6.45) is 0. The summed E-state index contributed by atoms with van der Waals surface area (Å²) < 4.78 is 11.2. The van der Waals surface area contributed by atoms with E-state index in [4.69, 9.17) is 32.7 Å². The summed E-state index contributed by atoms with van der Waals surface area (Å²) in [5.41, 5.74) is 1.77. The zero-order chi connectivity index (χ0) is 20.4. The molecule has 0 spiro atoms. The molecule has 0 atom stereocenters. The maximum Gasteiger partial charge on any atom is 0.318 e. The largest absolute Gasteiger partial charge is 0.457 e. The monoisotopic (exact) mass is 427 g/mol. The molecule has 3 aromatic carbocycles. The molecule has 0 saturated carbocycles. The number of benzene rings is 3. The lowest BCUT2D eigenvalue weighted by atomic mass is 9.88. The van der Waals surface area contributed by atoms with Crippen LogP contribution in [0, 0.1) is 0 Å². The third-order valence-electron chi connectivity index (χ3n) is 4.47. The highest BCUT2D eigenvalue weighted by molar-refractivity contribution is 6.36. The van der Waals surface area contributed by atoms with Gasteiger partial charge >= 0.3 is 5.97 Å². The van der Waals surface area contributed by atoms with Gasteiger partial charge in [0.15, 0.2) is 6.61 Å². The number of ether oxygens (including phenoxy) is 2. The highest BCUT2D eigenvalue weighted by Gasteiger charge is 2.33. The van der Waals surface area contributed by atoms with Crippen molar-refractivity contribution in [2.24, 2.45) is 0 Å². The SMILES string of the molecule is O=C(COC(=O)C1c2ccccc2Oc2ccccc21)Nc1ccc(Cl)cc1Cl. The highest BCUT2D eigenvalue weighted by atomic mass is 35.5. The van der Waals surface area contributed by atoms with Gasteiger partial charge in [0.1, 0.15) is 17.4 Å². The van der Waals surface area contributed by atoms with Crippen molar-refractivity contribution in [3.8, 4) is 11.5 Å². The molecule has 0 radical (unpaired) electrons. The minimum atomic E-state index is -0.678. The Labute approximate surface area is 177 Å². The van der Waals surface area contributed by atoms with Gasteiger partial charge in [-0.1, -0.05) is 59.6 Å². The number of carbonyl (C=O) groups is 2. The van der Waals surface area contributed by atoms with Crippen LogP contribution in [0.3, 0.4) is 0 Å². The van der Waals surface area contributed by atoms with Crippen LogP contribution in [0.25, 0.3) is 0 Å². The number of esters is 1. The van der Waals surface area contributed by atoms with Crippen LogP contribution in [0.15, 0.2) is 66.7 Å². The third-order valence-corrected chi connectivity index (χ3v) is 5.01. The van der Waals surface area contributed by atoms with Crippen molar-refractivity contribution in [2.75, 3.05) is 11.9 Å². The summed E-state index contributed by atoms with van der Waals surface area (Å²) in [6.45, 7) is -0.445. The summed E-state index contributed by atoms with van der Waals surface area (Å²) in [4.78, 5) is 25.1. The lowest BCUT2D eigenvalue weighted by Gasteiger charge is -2.26. The minimum Gasteiger partial charge on any atom is -0.457 e. The predicted molar refractivity (Wildman–Crippen MR) is 111 cm³/mol. The second-order valence-electron chi connectivity index (χ2n) is 6.39. The lowest BCUT2D eigenvalue weighted by Crippen LogP contribution is -2.26. The summed E-state index contributed by atoms with van der Waals surface area (Å²) in [6, 6.07) is 19.2. The van der Waals surface area contributed by atoms with Crippen LogP contribution in [0.2, 0.25) is 10.0 Å². The summed E-state index contributed by atoms with van der Waals surface area (Å²) >= 11 is 11.9. The first-order valence-electron chi connectivity index (χ1n) is 8.80. The predicted octanol–water partition coefficient (Wildman–Crippen LogP) is 5.41. The van der Waals surface area contributed by atoms with Crippen molar-refractivity contribution in [1.29, 1.82) is 0 Å². The number of para-hydroxylation sites is 2. The molecule has 29 heavy (non-hydrogen) atoms. The molecule has 0 bridgehead atoms. The molecule has 1 heterocycles. The van der Waals surface area contributed by atoms with Crippen LogP contribution in [0.1, 0.15) is 17.0 Å². The van der Waals surface area contributed by atoms with Crippen LogP contribution in [-0.2, 0) is 14.3 Å². The maximum absolute atomic E-state index is 12.9. The second kappa shape index (κ2) is 8.15. The molecular formula is C22H15Cl2NO4. The Bertz CT molecular complexity index is 1050. The summed E-state index contributed by atoms with van der Waals surface area (Å²) in [5.74, 6) is -0.541. The number of amides is 1. The van der Waals surface area contributed by atoms with E-state index in [1.165, 1.54) is 6.07 Å². The van der Waals surface area contributed by atoms with E-state index < -0.39 is 24.4 Å². The van der Waals surface area contributed by atoms with Crippen LogP contribution in [0.4, 0.5) is 5.69 Å². The van der Waals surface area contributed by atoms with E-state index >= 15 is 0 Å². The zero-order valence-electron chi connectivity index (χ0n) is 15.0. The number of carbonyl (C=O) groups excluding carboxylic acids is 2. The highest BCUT2D eigenvalue weighted by Crippen LogP contribution is 2.44. The van der Waals surface area contributed by atoms with Gasteiger partial charge in [0.05, 0.1) is 10.7 Å². The zero-order valence-corrected chi connectivity index (χ0v) is 16.5. The number of anilines is 1. The quantitative estimate of drug-likeness (QED) is 0.565. The fraction of sp³-hybridized carbons (Fsp3) is 0.0909. The van der Waals surface area contributed by atoms with Crippen LogP contribution < -0.4 is 10.1 Å². The number of rotatable bonds is 4. The van der Waals surface area contributed by atoms with Crippen LogP contribution in [0.5, 0.6) is 11.5 Å². The number of hydrogen-bond acceptors (Lipinski definition) is 4. The molecule has 4 rings (SSSR count). The Balaban J connectivity index is 1.49. The van der Waals surface area contributed by atoms with Gasteiger partial charge in [0, 0.05) is 16.1 Å². The molecule has 7 heteroatoms.